The molecule has 0 bridgehead atoms. The number of fused-ring (bicyclic) bond motifs is 1. The van der Waals surface area contributed by atoms with Gasteiger partial charge in [-0.1, -0.05) is 0 Å². The second-order valence-corrected chi connectivity index (χ2v) is 7.04. The number of nitrogens with zero attached hydrogens (tertiary/aromatic N) is 4. The second kappa shape index (κ2) is 7.06. The number of rotatable bonds is 5. The number of amides is 1. The first-order valence-electron chi connectivity index (χ1n) is 8.28. The van der Waals surface area contributed by atoms with Gasteiger partial charge in [-0.25, -0.2) is 15.0 Å². The quantitative estimate of drug-likeness (QED) is 0.764. The minimum atomic E-state index is -0.165. The van der Waals surface area contributed by atoms with Crippen molar-refractivity contribution in [1.29, 1.82) is 0 Å². The van der Waals surface area contributed by atoms with E-state index in [1.807, 2.05) is 12.1 Å². The first-order valence-corrected chi connectivity index (χ1v) is 9.09. The molecular formula is C18H17N5OS. The summed E-state index contributed by atoms with van der Waals surface area (Å²) in [6.45, 7) is 0.565. The Balaban J connectivity index is 1.33. The molecule has 0 fully saturated rings. The van der Waals surface area contributed by atoms with Gasteiger partial charge in [-0.05, 0) is 31.4 Å². The van der Waals surface area contributed by atoms with E-state index in [1.165, 1.54) is 17.0 Å². The first-order chi connectivity index (χ1) is 12.3. The monoisotopic (exact) mass is 351 g/mol. The topological polar surface area (TPSA) is 80.7 Å². The predicted molar refractivity (Wildman–Crippen MR) is 95.4 cm³/mol. The lowest BCUT2D eigenvalue weighted by Gasteiger charge is -2.04. The molecule has 3 heterocycles. The van der Waals surface area contributed by atoms with Crippen LogP contribution in [-0.2, 0) is 19.3 Å². The van der Waals surface area contributed by atoms with Gasteiger partial charge in [-0.2, -0.15) is 0 Å². The van der Waals surface area contributed by atoms with Crippen molar-refractivity contribution in [3.8, 4) is 11.4 Å². The van der Waals surface area contributed by atoms with E-state index in [0.29, 0.717) is 17.9 Å². The predicted octanol–water partition coefficient (Wildman–Crippen LogP) is 2.46. The molecule has 1 N–H and O–H groups in total. The van der Waals surface area contributed by atoms with Gasteiger partial charge in [-0.15, -0.1) is 11.3 Å². The van der Waals surface area contributed by atoms with Crippen LogP contribution in [0.5, 0.6) is 0 Å². The summed E-state index contributed by atoms with van der Waals surface area (Å²) in [4.78, 5) is 30.8. The maximum Gasteiger partial charge on any atom is 0.254 e. The van der Waals surface area contributed by atoms with E-state index in [0.717, 1.165) is 29.8 Å². The number of aromatic nitrogens is 4. The third kappa shape index (κ3) is 3.56. The van der Waals surface area contributed by atoms with Crippen molar-refractivity contribution in [2.75, 3.05) is 6.54 Å². The molecule has 0 saturated carbocycles. The lowest BCUT2D eigenvalue weighted by molar-refractivity contribution is 0.0953. The second-order valence-electron chi connectivity index (χ2n) is 5.87. The Morgan fingerprint density at radius 1 is 1.20 bits per heavy atom. The van der Waals surface area contributed by atoms with Crippen LogP contribution in [0.15, 0.2) is 36.9 Å². The molecule has 3 aromatic heterocycles. The minimum absolute atomic E-state index is 0.165. The number of hydrogen-bond acceptors (Lipinski definition) is 6. The van der Waals surface area contributed by atoms with Gasteiger partial charge in [0.1, 0.15) is 0 Å². The largest absolute Gasteiger partial charge is 0.352 e. The molecule has 0 saturated heterocycles. The molecule has 0 unspecified atom stereocenters. The fraction of sp³-hybridized carbons (Fsp3) is 0.278. The highest BCUT2D eigenvalue weighted by molar-refractivity contribution is 7.11. The standard InChI is InChI=1S/C18H17N5OS/c24-18(20-8-6-16-23-14-4-1-5-15(14)25-16)13-10-21-17(22-11-13)12-3-2-7-19-9-12/h2-3,7,9-11H,1,4-6,8H2,(H,20,24). The minimum Gasteiger partial charge on any atom is -0.352 e. The third-order valence-corrected chi connectivity index (χ3v) is 5.32. The highest BCUT2D eigenvalue weighted by Gasteiger charge is 2.16. The lowest BCUT2D eigenvalue weighted by atomic mass is 10.2. The molecular weight excluding hydrogens is 334 g/mol. The smallest absolute Gasteiger partial charge is 0.254 e. The summed E-state index contributed by atoms with van der Waals surface area (Å²) in [5.41, 5.74) is 2.53. The molecule has 0 spiro atoms. The number of thiazole rings is 1. The number of hydrogen-bond donors (Lipinski definition) is 1. The van der Waals surface area contributed by atoms with Gasteiger partial charge < -0.3 is 5.32 Å². The van der Waals surface area contributed by atoms with Gasteiger partial charge in [0.25, 0.3) is 5.91 Å². The van der Waals surface area contributed by atoms with Crippen LogP contribution in [0.3, 0.4) is 0 Å². The van der Waals surface area contributed by atoms with Gasteiger partial charge in [0, 0.05) is 48.2 Å². The average Bonchev–Trinajstić information content (AvgIpc) is 3.24. The zero-order chi connectivity index (χ0) is 17.1. The van der Waals surface area contributed by atoms with Crippen molar-refractivity contribution < 1.29 is 4.79 Å². The summed E-state index contributed by atoms with van der Waals surface area (Å²) >= 11 is 1.78. The highest BCUT2D eigenvalue weighted by Crippen LogP contribution is 2.27. The summed E-state index contributed by atoms with van der Waals surface area (Å²) in [7, 11) is 0. The molecule has 1 aliphatic carbocycles. The average molecular weight is 351 g/mol. The molecule has 0 aromatic carbocycles. The van der Waals surface area contributed by atoms with Crippen molar-refractivity contribution in [3.63, 3.8) is 0 Å². The molecule has 0 aliphatic heterocycles. The molecule has 0 radical (unpaired) electrons. The molecule has 6 nitrogen and oxygen atoms in total. The van der Waals surface area contributed by atoms with Gasteiger partial charge in [0.05, 0.1) is 16.3 Å². The zero-order valence-electron chi connectivity index (χ0n) is 13.6. The SMILES string of the molecule is O=C(NCCc1nc2c(s1)CCC2)c1cnc(-c2cccnc2)nc1. The molecule has 0 atom stereocenters. The molecule has 25 heavy (non-hydrogen) atoms. The van der Waals surface area contributed by atoms with E-state index in [-0.39, 0.29) is 5.91 Å². The molecule has 126 valence electrons. The van der Waals surface area contributed by atoms with Crippen LogP contribution in [0.2, 0.25) is 0 Å². The van der Waals surface area contributed by atoms with Crippen LogP contribution in [0, 0.1) is 0 Å². The summed E-state index contributed by atoms with van der Waals surface area (Å²) in [5, 5.41) is 4.01. The van der Waals surface area contributed by atoms with Crippen molar-refractivity contribution in [1.82, 2.24) is 25.3 Å². The fourth-order valence-electron chi connectivity index (χ4n) is 2.83. The highest BCUT2D eigenvalue weighted by atomic mass is 32.1. The number of nitrogens with one attached hydrogen (secondary N) is 1. The van der Waals surface area contributed by atoms with Crippen LogP contribution in [0.25, 0.3) is 11.4 Å². The molecule has 1 amide bonds. The maximum atomic E-state index is 12.2. The molecule has 3 aromatic rings. The van der Waals surface area contributed by atoms with Crippen molar-refractivity contribution in [2.45, 2.75) is 25.7 Å². The fourth-order valence-corrected chi connectivity index (χ4v) is 3.98. The Labute approximate surface area is 149 Å². The van der Waals surface area contributed by atoms with Gasteiger partial charge >= 0.3 is 0 Å². The Bertz CT molecular complexity index is 855. The summed E-state index contributed by atoms with van der Waals surface area (Å²) in [6, 6.07) is 3.71. The molecule has 7 heteroatoms. The Morgan fingerprint density at radius 3 is 2.84 bits per heavy atom. The lowest BCUT2D eigenvalue weighted by Crippen LogP contribution is -2.26. The normalized spacial score (nSPS) is 12.8. The first kappa shape index (κ1) is 15.8. The number of aryl methyl sites for hydroxylation is 2. The zero-order valence-corrected chi connectivity index (χ0v) is 14.4. The van der Waals surface area contributed by atoms with E-state index in [9.17, 15) is 4.79 Å². The summed E-state index contributed by atoms with van der Waals surface area (Å²) in [6.07, 6.45) is 10.7. The van der Waals surface area contributed by atoms with Crippen LogP contribution in [0.4, 0.5) is 0 Å². The van der Waals surface area contributed by atoms with E-state index in [1.54, 1.807) is 36.1 Å². The van der Waals surface area contributed by atoms with Gasteiger partial charge in [0.15, 0.2) is 5.82 Å². The number of carbonyl (C=O) groups is 1. The maximum absolute atomic E-state index is 12.2. The van der Waals surface area contributed by atoms with Crippen LogP contribution in [0.1, 0.15) is 32.4 Å². The Kier molecular flexibility index (Phi) is 4.47. The summed E-state index contributed by atoms with van der Waals surface area (Å²) < 4.78 is 0. The van der Waals surface area contributed by atoms with E-state index in [2.05, 4.69) is 25.3 Å². The molecule has 4 rings (SSSR count). The molecule has 1 aliphatic rings. The van der Waals surface area contributed by atoms with Gasteiger partial charge in [-0.3, -0.25) is 9.78 Å². The van der Waals surface area contributed by atoms with Crippen LogP contribution < -0.4 is 5.32 Å². The van der Waals surface area contributed by atoms with Crippen LogP contribution >= 0.6 is 11.3 Å². The van der Waals surface area contributed by atoms with Gasteiger partial charge in [0.2, 0.25) is 0 Å². The van der Waals surface area contributed by atoms with E-state index < -0.39 is 0 Å². The van der Waals surface area contributed by atoms with Crippen molar-refractivity contribution in [3.05, 3.63) is 58.1 Å². The van der Waals surface area contributed by atoms with E-state index in [4.69, 9.17) is 0 Å². The number of carbonyl (C=O) groups excluding carboxylic acids is 1. The van der Waals surface area contributed by atoms with Crippen molar-refractivity contribution >= 4 is 17.2 Å². The number of pyridine rings is 1. The van der Waals surface area contributed by atoms with Crippen molar-refractivity contribution in [2.24, 2.45) is 0 Å². The Hall–Kier alpha value is -2.67. The van der Waals surface area contributed by atoms with Crippen LogP contribution in [-0.4, -0.2) is 32.4 Å². The summed E-state index contributed by atoms with van der Waals surface area (Å²) in [5.74, 6) is 0.392. The third-order valence-electron chi connectivity index (χ3n) is 4.10. The Morgan fingerprint density at radius 2 is 2.08 bits per heavy atom. The van der Waals surface area contributed by atoms with E-state index >= 15 is 0 Å².